The third kappa shape index (κ3) is 4.41. The number of aromatic nitrogens is 2. The van der Waals surface area contributed by atoms with Crippen molar-refractivity contribution in [1.82, 2.24) is 10.2 Å². The summed E-state index contributed by atoms with van der Waals surface area (Å²) in [6, 6.07) is 4.46. The van der Waals surface area contributed by atoms with Gasteiger partial charge in [0.25, 0.3) is 0 Å². The van der Waals surface area contributed by atoms with E-state index in [4.69, 9.17) is 0 Å². The maximum absolute atomic E-state index is 12.5. The van der Waals surface area contributed by atoms with Crippen LogP contribution >= 0.6 is 0 Å². The SMILES string of the molecule is COC(=O)c1ccc(NC(=O)Nc2cc(C)[nH]n2)c(OC(F)F)c1. The van der Waals surface area contributed by atoms with Crippen LogP contribution in [0.4, 0.5) is 25.1 Å². The normalized spacial score (nSPS) is 10.4. The molecule has 0 atom stereocenters. The minimum absolute atomic E-state index is 0.00188. The number of aromatic amines is 1. The Morgan fingerprint density at radius 1 is 1.25 bits per heavy atom. The maximum Gasteiger partial charge on any atom is 0.387 e. The molecule has 3 N–H and O–H groups in total. The molecule has 0 saturated heterocycles. The number of anilines is 2. The minimum Gasteiger partial charge on any atom is -0.465 e. The van der Waals surface area contributed by atoms with Gasteiger partial charge in [-0.05, 0) is 25.1 Å². The Labute approximate surface area is 135 Å². The molecule has 0 unspecified atom stereocenters. The number of H-pyrrole nitrogens is 1. The topological polar surface area (TPSA) is 105 Å². The van der Waals surface area contributed by atoms with Crippen LogP contribution in [-0.4, -0.2) is 35.9 Å². The molecule has 0 saturated carbocycles. The zero-order chi connectivity index (χ0) is 17.7. The summed E-state index contributed by atoms with van der Waals surface area (Å²) in [5.74, 6) is -0.842. The molecule has 10 heteroatoms. The quantitative estimate of drug-likeness (QED) is 0.726. The lowest BCUT2D eigenvalue weighted by atomic mass is 10.2. The predicted molar refractivity (Wildman–Crippen MR) is 80.4 cm³/mol. The molecule has 1 aromatic carbocycles. The number of carbonyl (C=O) groups excluding carboxylic acids is 2. The average Bonchev–Trinajstić information content (AvgIpc) is 2.92. The first-order valence-electron chi connectivity index (χ1n) is 6.66. The molecule has 0 aliphatic heterocycles. The second-order valence-electron chi connectivity index (χ2n) is 4.60. The second-order valence-corrected chi connectivity index (χ2v) is 4.60. The summed E-state index contributed by atoms with van der Waals surface area (Å²) in [5.41, 5.74) is 0.684. The zero-order valence-corrected chi connectivity index (χ0v) is 12.7. The van der Waals surface area contributed by atoms with Crippen LogP contribution in [0.25, 0.3) is 0 Å². The number of ether oxygens (including phenoxy) is 2. The molecule has 2 rings (SSSR count). The van der Waals surface area contributed by atoms with Crippen LogP contribution in [0.1, 0.15) is 16.1 Å². The van der Waals surface area contributed by atoms with E-state index in [9.17, 15) is 18.4 Å². The van der Waals surface area contributed by atoms with E-state index in [0.29, 0.717) is 0 Å². The lowest BCUT2D eigenvalue weighted by Crippen LogP contribution is -2.20. The summed E-state index contributed by atoms with van der Waals surface area (Å²) >= 11 is 0. The molecular weight excluding hydrogens is 326 g/mol. The molecule has 2 aromatic rings. The number of benzene rings is 1. The number of esters is 1. The number of hydrogen-bond acceptors (Lipinski definition) is 5. The van der Waals surface area contributed by atoms with Crippen molar-refractivity contribution < 1.29 is 27.8 Å². The summed E-state index contributed by atoms with van der Waals surface area (Å²) in [6.45, 7) is -1.38. The molecule has 0 bridgehead atoms. The lowest BCUT2D eigenvalue weighted by molar-refractivity contribution is -0.0494. The van der Waals surface area contributed by atoms with Gasteiger partial charge in [-0.3, -0.25) is 10.4 Å². The average molecular weight is 340 g/mol. The van der Waals surface area contributed by atoms with E-state index in [0.717, 1.165) is 18.9 Å². The van der Waals surface area contributed by atoms with Gasteiger partial charge in [0.2, 0.25) is 0 Å². The number of aryl methyl sites for hydroxylation is 1. The van der Waals surface area contributed by atoms with Crippen molar-refractivity contribution >= 4 is 23.5 Å². The molecular formula is C14H14F2N4O4. The molecule has 24 heavy (non-hydrogen) atoms. The molecule has 8 nitrogen and oxygen atoms in total. The number of nitrogens with one attached hydrogen (secondary N) is 3. The Kier molecular flexibility index (Phi) is 5.30. The fourth-order valence-corrected chi connectivity index (χ4v) is 1.82. The highest BCUT2D eigenvalue weighted by atomic mass is 19.3. The molecule has 128 valence electrons. The summed E-state index contributed by atoms with van der Waals surface area (Å²) < 4.78 is 33.9. The van der Waals surface area contributed by atoms with Crippen molar-refractivity contribution in [1.29, 1.82) is 0 Å². The minimum atomic E-state index is -3.13. The van der Waals surface area contributed by atoms with Gasteiger partial charge in [0.1, 0.15) is 0 Å². The Bertz CT molecular complexity index is 748. The van der Waals surface area contributed by atoms with Crippen LogP contribution < -0.4 is 15.4 Å². The first-order valence-corrected chi connectivity index (χ1v) is 6.66. The number of halogens is 2. The van der Waals surface area contributed by atoms with Crippen molar-refractivity contribution in [2.24, 2.45) is 0 Å². The number of alkyl halides is 2. The van der Waals surface area contributed by atoms with Gasteiger partial charge in [-0.15, -0.1) is 0 Å². The Morgan fingerprint density at radius 3 is 2.58 bits per heavy atom. The number of carbonyl (C=O) groups is 2. The van der Waals surface area contributed by atoms with E-state index in [1.807, 2.05) is 0 Å². The van der Waals surface area contributed by atoms with Crippen LogP contribution in [0.5, 0.6) is 5.75 Å². The van der Waals surface area contributed by atoms with Crippen molar-refractivity contribution in [2.75, 3.05) is 17.7 Å². The van der Waals surface area contributed by atoms with Gasteiger partial charge in [0.15, 0.2) is 11.6 Å². The van der Waals surface area contributed by atoms with E-state index in [2.05, 4.69) is 30.3 Å². The molecule has 0 radical (unpaired) electrons. The summed E-state index contributed by atoms with van der Waals surface area (Å²) in [4.78, 5) is 23.3. The molecule has 0 aliphatic rings. The summed E-state index contributed by atoms with van der Waals surface area (Å²) in [5, 5.41) is 11.2. The fraction of sp³-hybridized carbons (Fsp3) is 0.214. The first kappa shape index (κ1) is 17.2. The molecule has 2 amide bonds. The zero-order valence-electron chi connectivity index (χ0n) is 12.7. The number of rotatable bonds is 5. The second kappa shape index (κ2) is 7.40. The smallest absolute Gasteiger partial charge is 0.387 e. The van der Waals surface area contributed by atoms with Crippen molar-refractivity contribution in [2.45, 2.75) is 13.5 Å². The van der Waals surface area contributed by atoms with Gasteiger partial charge >= 0.3 is 18.6 Å². The maximum atomic E-state index is 12.5. The van der Waals surface area contributed by atoms with E-state index in [1.165, 1.54) is 12.1 Å². The van der Waals surface area contributed by atoms with Crippen molar-refractivity contribution in [3.8, 4) is 5.75 Å². The van der Waals surface area contributed by atoms with E-state index >= 15 is 0 Å². The molecule has 1 heterocycles. The molecule has 0 aliphatic carbocycles. The van der Waals surface area contributed by atoms with Crippen LogP contribution in [0.3, 0.4) is 0 Å². The van der Waals surface area contributed by atoms with E-state index in [1.54, 1.807) is 13.0 Å². The Hall–Kier alpha value is -3.17. The number of methoxy groups -OCH3 is 1. The fourth-order valence-electron chi connectivity index (χ4n) is 1.82. The summed E-state index contributed by atoms with van der Waals surface area (Å²) in [6.07, 6.45) is 0. The lowest BCUT2D eigenvalue weighted by Gasteiger charge is -2.13. The standard InChI is InChI=1S/C14H14F2N4O4/c1-7-5-11(20-19-7)18-14(22)17-9-4-3-8(12(21)23-2)6-10(9)24-13(15)16/h3-6,13H,1-2H3,(H3,17,18,19,20,22). The number of amides is 2. The molecule has 0 spiro atoms. The number of hydrogen-bond donors (Lipinski definition) is 3. The highest BCUT2D eigenvalue weighted by Crippen LogP contribution is 2.28. The van der Waals surface area contributed by atoms with Crippen molar-refractivity contribution in [3.63, 3.8) is 0 Å². The predicted octanol–water partition coefficient (Wildman–Crippen LogP) is 2.75. The molecule has 0 fully saturated rings. The summed E-state index contributed by atoms with van der Waals surface area (Å²) in [7, 11) is 1.15. The molecule has 1 aromatic heterocycles. The highest BCUT2D eigenvalue weighted by molar-refractivity contribution is 6.00. The number of urea groups is 1. The van der Waals surface area contributed by atoms with Crippen LogP contribution in [0.2, 0.25) is 0 Å². The van der Waals surface area contributed by atoms with Gasteiger partial charge in [-0.2, -0.15) is 13.9 Å². The van der Waals surface area contributed by atoms with Crippen molar-refractivity contribution in [3.05, 3.63) is 35.5 Å². The third-order valence-electron chi connectivity index (χ3n) is 2.81. The van der Waals surface area contributed by atoms with Crippen LogP contribution in [0, 0.1) is 6.92 Å². The van der Waals surface area contributed by atoms with E-state index < -0.39 is 18.6 Å². The Morgan fingerprint density at radius 2 is 2.00 bits per heavy atom. The third-order valence-corrected chi connectivity index (χ3v) is 2.81. The van der Waals surface area contributed by atoms with Crippen LogP contribution in [-0.2, 0) is 4.74 Å². The van der Waals surface area contributed by atoms with Crippen LogP contribution in [0.15, 0.2) is 24.3 Å². The largest absolute Gasteiger partial charge is 0.465 e. The van der Waals surface area contributed by atoms with Gasteiger partial charge in [-0.1, -0.05) is 0 Å². The first-order chi connectivity index (χ1) is 11.4. The van der Waals surface area contributed by atoms with Gasteiger partial charge in [-0.25, -0.2) is 9.59 Å². The van der Waals surface area contributed by atoms with E-state index in [-0.39, 0.29) is 22.8 Å². The Balaban J connectivity index is 2.18. The highest BCUT2D eigenvalue weighted by Gasteiger charge is 2.16. The van der Waals surface area contributed by atoms with Gasteiger partial charge in [0, 0.05) is 11.8 Å². The monoisotopic (exact) mass is 340 g/mol. The van der Waals surface area contributed by atoms with Gasteiger partial charge in [0.05, 0.1) is 18.4 Å². The van der Waals surface area contributed by atoms with Gasteiger partial charge < -0.3 is 14.8 Å². The number of nitrogens with zero attached hydrogens (tertiary/aromatic N) is 1.